The second-order valence-corrected chi connectivity index (χ2v) is 7.71. The summed E-state index contributed by atoms with van der Waals surface area (Å²) in [7, 11) is 0. The molecular weight excluding hydrogens is 332 g/mol. The van der Waals surface area contributed by atoms with E-state index in [-0.39, 0.29) is 18.0 Å². The number of rotatable bonds is 6. The number of carbonyl (C=O) groups excluding carboxylic acids is 1. The Kier molecular flexibility index (Phi) is 6.52. The maximum absolute atomic E-state index is 12.4. The van der Waals surface area contributed by atoms with Gasteiger partial charge in [-0.1, -0.05) is 0 Å². The lowest BCUT2D eigenvalue weighted by atomic mass is 9.86. The zero-order valence-corrected chi connectivity index (χ0v) is 15.3. The van der Waals surface area contributed by atoms with Gasteiger partial charge in [-0.05, 0) is 57.3 Å². The van der Waals surface area contributed by atoms with Gasteiger partial charge in [-0.15, -0.1) is 0 Å². The lowest BCUT2D eigenvalue weighted by molar-refractivity contribution is -0.142. The van der Waals surface area contributed by atoms with E-state index in [1.807, 2.05) is 23.6 Å². The fourth-order valence-corrected chi connectivity index (χ4v) is 4.16. The number of aliphatic carboxylic acids is 1. The summed E-state index contributed by atoms with van der Waals surface area (Å²) in [5, 5.41) is 12.2. The quantitative estimate of drug-likeness (QED) is 0.814. The minimum atomic E-state index is -0.704. The summed E-state index contributed by atoms with van der Waals surface area (Å²) >= 11 is 0. The summed E-state index contributed by atoms with van der Waals surface area (Å²) in [4.78, 5) is 29.4. The van der Waals surface area contributed by atoms with Gasteiger partial charge in [0.25, 0.3) is 0 Å². The van der Waals surface area contributed by atoms with Crippen LogP contribution in [0, 0.1) is 11.8 Å². The van der Waals surface area contributed by atoms with Crippen LogP contribution in [0.5, 0.6) is 0 Å². The topological polar surface area (TPSA) is 87.5 Å². The average Bonchev–Trinajstić information content (AvgIpc) is 3.16. The molecule has 0 spiro atoms. The second-order valence-electron chi connectivity index (χ2n) is 7.71. The van der Waals surface area contributed by atoms with Gasteiger partial charge in [-0.2, -0.15) is 0 Å². The minimum Gasteiger partial charge on any atom is -0.481 e. The van der Waals surface area contributed by atoms with Crippen molar-refractivity contribution in [1.82, 2.24) is 19.8 Å². The Balaban J connectivity index is 1.31. The third-order valence-electron chi connectivity index (χ3n) is 5.89. The van der Waals surface area contributed by atoms with E-state index in [1.54, 1.807) is 0 Å². The van der Waals surface area contributed by atoms with Crippen molar-refractivity contribution < 1.29 is 14.7 Å². The number of hydrogen-bond acceptors (Lipinski definition) is 3. The summed E-state index contributed by atoms with van der Waals surface area (Å²) in [6.45, 7) is 2.66. The number of hydrogen-bond donors (Lipinski definition) is 2. The van der Waals surface area contributed by atoms with Crippen LogP contribution in [-0.4, -0.2) is 50.7 Å². The van der Waals surface area contributed by atoms with E-state index in [9.17, 15) is 9.59 Å². The van der Waals surface area contributed by atoms with Gasteiger partial charge in [0, 0.05) is 38.1 Å². The Labute approximate surface area is 154 Å². The molecule has 2 N–H and O–H groups in total. The first-order valence-electron chi connectivity index (χ1n) is 9.86. The van der Waals surface area contributed by atoms with E-state index in [4.69, 9.17) is 5.11 Å². The van der Waals surface area contributed by atoms with Crippen molar-refractivity contribution in [2.75, 3.05) is 13.1 Å². The fraction of sp³-hybridized carbons (Fsp3) is 0.737. The zero-order valence-electron chi connectivity index (χ0n) is 15.3. The molecule has 7 heteroatoms. The van der Waals surface area contributed by atoms with Crippen LogP contribution in [-0.2, 0) is 11.3 Å². The highest BCUT2D eigenvalue weighted by atomic mass is 16.4. The van der Waals surface area contributed by atoms with Crippen molar-refractivity contribution in [2.45, 2.75) is 64.0 Å². The van der Waals surface area contributed by atoms with Gasteiger partial charge in [0.05, 0.1) is 12.2 Å². The molecule has 144 valence electrons. The smallest absolute Gasteiger partial charge is 0.317 e. The van der Waals surface area contributed by atoms with Crippen LogP contribution in [0.25, 0.3) is 0 Å². The second kappa shape index (κ2) is 9.05. The molecule has 1 aliphatic carbocycles. The van der Waals surface area contributed by atoms with Crippen molar-refractivity contribution in [1.29, 1.82) is 0 Å². The molecule has 2 aliphatic rings. The Morgan fingerprint density at radius 1 is 1.12 bits per heavy atom. The first-order valence-corrected chi connectivity index (χ1v) is 9.86. The molecule has 0 unspecified atom stereocenters. The predicted molar refractivity (Wildman–Crippen MR) is 97.7 cm³/mol. The number of carbonyl (C=O) groups is 2. The molecule has 2 fully saturated rings. The van der Waals surface area contributed by atoms with E-state index in [0.717, 1.165) is 51.7 Å². The summed E-state index contributed by atoms with van der Waals surface area (Å²) in [6, 6.07) is 0.159. The molecule has 3 rings (SSSR count). The molecule has 2 heterocycles. The van der Waals surface area contributed by atoms with Crippen LogP contribution in [0.1, 0.15) is 51.4 Å². The third kappa shape index (κ3) is 5.22. The number of likely N-dealkylation sites (tertiary alicyclic amines) is 1. The van der Waals surface area contributed by atoms with Crippen LogP contribution in [0.2, 0.25) is 0 Å². The van der Waals surface area contributed by atoms with Gasteiger partial charge in [0.2, 0.25) is 0 Å². The number of piperidine rings is 1. The van der Waals surface area contributed by atoms with E-state index in [1.165, 1.54) is 6.42 Å². The molecule has 1 aromatic rings. The van der Waals surface area contributed by atoms with Gasteiger partial charge in [-0.25, -0.2) is 9.78 Å². The number of aryl methyl sites for hydroxylation is 1. The number of imidazole rings is 1. The normalized spacial score (nSPS) is 24.4. The molecule has 26 heavy (non-hydrogen) atoms. The van der Waals surface area contributed by atoms with Gasteiger partial charge in [0.15, 0.2) is 0 Å². The van der Waals surface area contributed by atoms with Crippen LogP contribution >= 0.6 is 0 Å². The van der Waals surface area contributed by atoms with Crippen LogP contribution < -0.4 is 5.32 Å². The summed E-state index contributed by atoms with van der Waals surface area (Å²) in [6.07, 6.45) is 13.0. The van der Waals surface area contributed by atoms with E-state index >= 15 is 0 Å². The maximum Gasteiger partial charge on any atom is 0.317 e. The van der Waals surface area contributed by atoms with Gasteiger partial charge in [-0.3, -0.25) is 4.79 Å². The Bertz CT molecular complexity index is 574. The molecule has 0 radical (unpaired) electrons. The number of nitrogens with one attached hydrogen (secondary N) is 1. The third-order valence-corrected chi connectivity index (χ3v) is 5.89. The first-order chi connectivity index (χ1) is 12.6. The molecule has 1 saturated carbocycles. The molecule has 1 aliphatic heterocycles. The van der Waals surface area contributed by atoms with Crippen LogP contribution in [0.15, 0.2) is 18.7 Å². The van der Waals surface area contributed by atoms with Crippen molar-refractivity contribution in [2.24, 2.45) is 11.8 Å². The molecule has 0 bridgehead atoms. The Morgan fingerprint density at radius 2 is 1.85 bits per heavy atom. The van der Waals surface area contributed by atoms with E-state index < -0.39 is 5.97 Å². The zero-order chi connectivity index (χ0) is 18.4. The van der Waals surface area contributed by atoms with Gasteiger partial charge in [0.1, 0.15) is 0 Å². The molecule has 2 amide bonds. The SMILES string of the molecule is O=C(O)C1CCC(NC(=O)N2CCC(CCCn3ccnc3)CC2)CC1. The Morgan fingerprint density at radius 3 is 2.46 bits per heavy atom. The summed E-state index contributed by atoms with van der Waals surface area (Å²) < 4.78 is 2.11. The van der Waals surface area contributed by atoms with Crippen LogP contribution in [0.4, 0.5) is 4.79 Å². The van der Waals surface area contributed by atoms with Crippen molar-refractivity contribution in [3.63, 3.8) is 0 Å². The minimum absolute atomic E-state index is 0.0284. The number of urea groups is 1. The maximum atomic E-state index is 12.4. The number of carboxylic acids is 1. The van der Waals surface area contributed by atoms with Gasteiger partial charge >= 0.3 is 12.0 Å². The standard InChI is InChI=1S/C19H30N4O3/c24-18(25)16-3-5-17(6-4-16)21-19(26)23-11-7-15(8-12-23)2-1-10-22-13-9-20-14-22/h9,13-17H,1-8,10-12H2,(H,21,26)(H,24,25). The number of aromatic nitrogens is 2. The molecule has 0 aromatic carbocycles. The number of carboxylic acid groups (broad SMARTS) is 1. The fourth-order valence-electron chi connectivity index (χ4n) is 4.16. The summed E-state index contributed by atoms with van der Waals surface area (Å²) in [5.74, 6) is -0.236. The molecule has 0 atom stereocenters. The average molecular weight is 362 g/mol. The molecule has 1 aromatic heterocycles. The lowest BCUT2D eigenvalue weighted by Crippen LogP contribution is -2.48. The highest BCUT2D eigenvalue weighted by Crippen LogP contribution is 2.25. The monoisotopic (exact) mass is 362 g/mol. The Hall–Kier alpha value is -2.05. The first kappa shape index (κ1) is 18.7. The van der Waals surface area contributed by atoms with Crippen molar-refractivity contribution in [3.8, 4) is 0 Å². The van der Waals surface area contributed by atoms with Crippen molar-refractivity contribution in [3.05, 3.63) is 18.7 Å². The van der Waals surface area contributed by atoms with E-state index in [2.05, 4.69) is 14.9 Å². The van der Waals surface area contributed by atoms with Crippen LogP contribution in [0.3, 0.4) is 0 Å². The highest BCUT2D eigenvalue weighted by Gasteiger charge is 2.29. The molecule has 1 saturated heterocycles. The number of amides is 2. The van der Waals surface area contributed by atoms with Crippen molar-refractivity contribution >= 4 is 12.0 Å². The number of nitrogens with zero attached hydrogens (tertiary/aromatic N) is 3. The highest BCUT2D eigenvalue weighted by molar-refractivity contribution is 5.74. The summed E-state index contributed by atoms with van der Waals surface area (Å²) in [5.41, 5.74) is 0. The van der Waals surface area contributed by atoms with E-state index in [0.29, 0.717) is 18.8 Å². The predicted octanol–water partition coefficient (Wildman–Crippen LogP) is 2.73. The molecule has 7 nitrogen and oxygen atoms in total. The largest absolute Gasteiger partial charge is 0.481 e. The lowest BCUT2D eigenvalue weighted by Gasteiger charge is -2.34. The molecular formula is C19H30N4O3. The van der Waals surface area contributed by atoms with Gasteiger partial charge < -0.3 is 19.9 Å².